The normalized spacial score (nSPS) is 23.8. The molecule has 1 aliphatic rings. The zero-order valence-corrected chi connectivity index (χ0v) is 12.3. The Hall–Kier alpha value is -1.20. The molecule has 3 unspecified atom stereocenters. The van der Waals surface area contributed by atoms with E-state index in [-0.39, 0.29) is 12.1 Å². The van der Waals surface area contributed by atoms with Crippen LogP contribution in [0.2, 0.25) is 0 Å². The number of nitrogens with one attached hydrogen (secondary N) is 1. The van der Waals surface area contributed by atoms with Gasteiger partial charge < -0.3 is 15.2 Å². The Morgan fingerprint density at radius 2 is 2.14 bits per heavy atom. The number of aliphatic hydroxyl groups excluding tert-OH is 1. The average molecular weight is 299 g/mol. The number of aliphatic hydroxyl groups is 1. The zero-order valence-electron chi connectivity index (χ0n) is 12.3. The van der Waals surface area contributed by atoms with E-state index in [9.17, 15) is 13.9 Å². The van der Waals surface area contributed by atoms with Crippen molar-refractivity contribution in [1.29, 1.82) is 0 Å². The van der Waals surface area contributed by atoms with E-state index in [0.717, 1.165) is 44.4 Å². The Kier molecular flexibility index (Phi) is 5.94. The summed E-state index contributed by atoms with van der Waals surface area (Å²) in [4.78, 5) is 0. The first-order chi connectivity index (χ1) is 10.0. The van der Waals surface area contributed by atoms with Crippen LogP contribution in [-0.2, 0) is 0 Å². The maximum atomic E-state index is 13.0. The largest absolute Gasteiger partial charge is 0.492 e. The number of hydrogen-bond acceptors (Lipinski definition) is 3. The summed E-state index contributed by atoms with van der Waals surface area (Å²) in [6.07, 6.45) is 3.81. The summed E-state index contributed by atoms with van der Waals surface area (Å²) in [7, 11) is 0. The minimum atomic E-state index is -0.899. The van der Waals surface area contributed by atoms with Gasteiger partial charge in [-0.3, -0.25) is 0 Å². The third-order valence-electron chi connectivity index (χ3n) is 3.90. The molecule has 2 rings (SSSR count). The van der Waals surface area contributed by atoms with Gasteiger partial charge >= 0.3 is 0 Å². The highest BCUT2D eigenvalue weighted by Crippen LogP contribution is 2.23. The van der Waals surface area contributed by atoms with Gasteiger partial charge in [-0.2, -0.15) is 0 Å². The molecule has 3 nitrogen and oxygen atoms in total. The van der Waals surface area contributed by atoms with Gasteiger partial charge in [-0.05, 0) is 50.8 Å². The molecule has 2 N–H and O–H groups in total. The van der Waals surface area contributed by atoms with Crippen LogP contribution >= 0.6 is 0 Å². The van der Waals surface area contributed by atoms with Crippen LogP contribution in [-0.4, -0.2) is 30.4 Å². The van der Waals surface area contributed by atoms with Crippen LogP contribution in [0.25, 0.3) is 0 Å². The highest BCUT2D eigenvalue weighted by Gasteiger charge is 2.20. The molecule has 0 aromatic heterocycles. The fourth-order valence-electron chi connectivity index (χ4n) is 2.66. The van der Waals surface area contributed by atoms with Gasteiger partial charge in [-0.15, -0.1) is 0 Å². The van der Waals surface area contributed by atoms with Crippen molar-refractivity contribution in [3.05, 3.63) is 29.8 Å². The highest BCUT2D eigenvalue weighted by atomic mass is 19.2. The van der Waals surface area contributed by atoms with Crippen LogP contribution in [0.1, 0.15) is 32.6 Å². The Bertz CT molecular complexity index is 456. The Morgan fingerprint density at radius 3 is 2.86 bits per heavy atom. The standard InChI is InChI=1S/C16H23F2NO2/c1-11(19-9-12-3-2-4-13(20)7-12)10-21-14-5-6-15(17)16(18)8-14/h5-6,8,11-13,19-20H,2-4,7,9-10H2,1H3. The van der Waals surface area contributed by atoms with Gasteiger partial charge in [0.2, 0.25) is 0 Å². The third kappa shape index (κ3) is 5.25. The predicted octanol–water partition coefficient (Wildman–Crippen LogP) is 2.87. The molecule has 0 radical (unpaired) electrons. The molecule has 118 valence electrons. The minimum absolute atomic E-state index is 0.109. The fraction of sp³-hybridized carbons (Fsp3) is 0.625. The monoisotopic (exact) mass is 299 g/mol. The van der Waals surface area contributed by atoms with Crippen LogP contribution in [0.3, 0.4) is 0 Å². The molecule has 1 fully saturated rings. The molecule has 0 aliphatic heterocycles. The summed E-state index contributed by atoms with van der Waals surface area (Å²) in [5.41, 5.74) is 0. The van der Waals surface area contributed by atoms with Crippen LogP contribution in [0, 0.1) is 17.6 Å². The molecule has 0 saturated heterocycles. The van der Waals surface area contributed by atoms with Gasteiger partial charge in [0.05, 0.1) is 6.10 Å². The van der Waals surface area contributed by atoms with E-state index >= 15 is 0 Å². The van der Waals surface area contributed by atoms with Crippen LogP contribution in [0.5, 0.6) is 5.75 Å². The van der Waals surface area contributed by atoms with Crippen molar-refractivity contribution < 1.29 is 18.6 Å². The van der Waals surface area contributed by atoms with E-state index in [1.54, 1.807) is 0 Å². The molecule has 0 bridgehead atoms. The lowest BCUT2D eigenvalue weighted by molar-refractivity contribution is 0.0989. The topological polar surface area (TPSA) is 41.5 Å². The van der Waals surface area contributed by atoms with Gasteiger partial charge in [0.1, 0.15) is 12.4 Å². The molecule has 1 aliphatic carbocycles. The highest BCUT2D eigenvalue weighted by molar-refractivity contribution is 5.23. The van der Waals surface area contributed by atoms with Gasteiger partial charge in [-0.1, -0.05) is 6.42 Å². The quantitative estimate of drug-likeness (QED) is 0.848. The van der Waals surface area contributed by atoms with Crippen molar-refractivity contribution in [2.24, 2.45) is 5.92 Å². The smallest absolute Gasteiger partial charge is 0.162 e. The van der Waals surface area contributed by atoms with E-state index in [1.165, 1.54) is 6.07 Å². The summed E-state index contributed by atoms with van der Waals surface area (Å²) in [5.74, 6) is -0.941. The molecule has 1 aromatic carbocycles. The summed E-state index contributed by atoms with van der Waals surface area (Å²) in [6, 6.07) is 3.64. The lowest BCUT2D eigenvalue weighted by atomic mass is 9.87. The minimum Gasteiger partial charge on any atom is -0.492 e. The van der Waals surface area contributed by atoms with E-state index in [4.69, 9.17) is 4.74 Å². The zero-order chi connectivity index (χ0) is 15.2. The molecular weight excluding hydrogens is 276 g/mol. The molecule has 5 heteroatoms. The fourth-order valence-corrected chi connectivity index (χ4v) is 2.66. The number of ether oxygens (including phenoxy) is 1. The number of hydrogen-bond donors (Lipinski definition) is 2. The van der Waals surface area contributed by atoms with Crippen molar-refractivity contribution in [1.82, 2.24) is 5.32 Å². The van der Waals surface area contributed by atoms with Crippen LogP contribution in [0.15, 0.2) is 18.2 Å². The summed E-state index contributed by atoms with van der Waals surface area (Å²) in [6.45, 7) is 3.22. The second kappa shape index (κ2) is 7.71. The lowest BCUT2D eigenvalue weighted by Crippen LogP contribution is -2.37. The van der Waals surface area contributed by atoms with Gasteiger partial charge in [-0.25, -0.2) is 8.78 Å². The molecule has 0 spiro atoms. The van der Waals surface area contributed by atoms with Gasteiger partial charge in [0.25, 0.3) is 0 Å². The van der Waals surface area contributed by atoms with E-state index in [0.29, 0.717) is 18.3 Å². The number of rotatable bonds is 6. The lowest BCUT2D eigenvalue weighted by Gasteiger charge is -2.27. The second-order valence-electron chi connectivity index (χ2n) is 5.88. The molecule has 0 amide bonds. The van der Waals surface area contributed by atoms with E-state index in [2.05, 4.69) is 5.32 Å². The Labute approximate surface area is 124 Å². The summed E-state index contributed by atoms with van der Waals surface area (Å²) in [5, 5.41) is 13.0. The van der Waals surface area contributed by atoms with Gasteiger partial charge in [0.15, 0.2) is 11.6 Å². The van der Waals surface area contributed by atoms with Crippen molar-refractivity contribution in [2.75, 3.05) is 13.2 Å². The van der Waals surface area contributed by atoms with E-state index < -0.39 is 11.6 Å². The van der Waals surface area contributed by atoms with Gasteiger partial charge in [0, 0.05) is 12.1 Å². The van der Waals surface area contributed by atoms with Crippen LogP contribution in [0.4, 0.5) is 8.78 Å². The van der Waals surface area contributed by atoms with Crippen LogP contribution < -0.4 is 10.1 Å². The van der Waals surface area contributed by atoms with Crippen molar-refractivity contribution in [2.45, 2.75) is 44.8 Å². The van der Waals surface area contributed by atoms with E-state index in [1.807, 2.05) is 6.92 Å². The summed E-state index contributed by atoms with van der Waals surface area (Å²) >= 11 is 0. The van der Waals surface area contributed by atoms with Crippen molar-refractivity contribution in [3.8, 4) is 5.75 Å². The Morgan fingerprint density at radius 1 is 1.33 bits per heavy atom. The average Bonchev–Trinajstić information content (AvgIpc) is 2.46. The maximum absolute atomic E-state index is 13.0. The molecule has 3 atom stereocenters. The molecule has 21 heavy (non-hydrogen) atoms. The van der Waals surface area contributed by atoms with Crippen molar-refractivity contribution in [3.63, 3.8) is 0 Å². The first-order valence-corrected chi connectivity index (χ1v) is 7.54. The summed E-state index contributed by atoms with van der Waals surface area (Å²) < 4.78 is 31.3. The first-order valence-electron chi connectivity index (χ1n) is 7.54. The first kappa shape index (κ1) is 16.2. The van der Waals surface area contributed by atoms with Crippen molar-refractivity contribution >= 4 is 0 Å². The third-order valence-corrected chi connectivity index (χ3v) is 3.90. The number of benzene rings is 1. The predicted molar refractivity (Wildman–Crippen MR) is 77.3 cm³/mol. The second-order valence-corrected chi connectivity index (χ2v) is 5.88. The maximum Gasteiger partial charge on any atom is 0.162 e. The molecule has 1 saturated carbocycles. The molecule has 1 aromatic rings. The number of halogens is 2. The molecule has 0 heterocycles. The molecular formula is C16H23F2NO2. The Balaban J connectivity index is 1.69. The SMILES string of the molecule is CC(COc1ccc(F)c(F)c1)NCC1CCCC(O)C1.